The number of carbonyl (C=O) groups excluding carboxylic acids is 3. The van der Waals surface area contributed by atoms with Crippen LogP contribution in [0.15, 0.2) is 60.8 Å². The van der Waals surface area contributed by atoms with Gasteiger partial charge in [-0.15, -0.1) is 0 Å². The Morgan fingerprint density at radius 2 is 0.493 bits per heavy atom. The van der Waals surface area contributed by atoms with Gasteiger partial charge in [-0.25, -0.2) is 0 Å². The van der Waals surface area contributed by atoms with Gasteiger partial charge in [0.2, 0.25) is 0 Å². The highest BCUT2D eigenvalue weighted by molar-refractivity contribution is 5.71. The summed E-state index contributed by atoms with van der Waals surface area (Å²) in [7, 11) is 0. The van der Waals surface area contributed by atoms with Crippen molar-refractivity contribution in [2.75, 3.05) is 13.2 Å². The number of allylic oxidation sites excluding steroid dienone is 10. The Kier molecular flexibility index (Phi) is 59.2. The zero-order valence-corrected chi connectivity index (χ0v) is 48.7. The molecule has 0 aliphatic carbocycles. The van der Waals surface area contributed by atoms with Crippen LogP contribution in [0.2, 0.25) is 0 Å². The Morgan fingerprint density at radius 3 is 0.767 bits per heavy atom. The van der Waals surface area contributed by atoms with Crippen molar-refractivity contribution < 1.29 is 28.6 Å². The van der Waals surface area contributed by atoms with E-state index >= 15 is 0 Å². The van der Waals surface area contributed by atoms with E-state index in [1.165, 1.54) is 205 Å². The number of hydrogen-bond donors (Lipinski definition) is 0. The molecule has 0 bridgehead atoms. The van der Waals surface area contributed by atoms with E-state index in [1.807, 2.05) is 0 Å². The first kappa shape index (κ1) is 70.1. The van der Waals surface area contributed by atoms with Crippen molar-refractivity contribution in [2.45, 2.75) is 335 Å². The summed E-state index contributed by atoms with van der Waals surface area (Å²) in [5.74, 6) is -0.878. The molecule has 0 aliphatic rings. The third kappa shape index (κ3) is 59.9. The maximum atomic E-state index is 12.9. The summed E-state index contributed by atoms with van der Waals surface area (Å²) in [6.45, 7) is 6.64. The van der Waals surface area contributed by atoms with Gasteiger partial charge in [-0.2, -0.15) is 0 Å². The number of hydrogen-bond acceptors (Lipinski definition) is 6. The fourth-order valence-corrected chi connectivity index (χ4v) is 9.19. The minimum absolute atomic E-state index is 0.0773. The van der Waals surface area contributed by atoms with Crippen molar-refractivity contribution in [3.63, 3.8) is 0 Å². The Morgan fingerprint density at radius 1 is 0.274 bits per heavy atom. The van der Waals surface area contributed by atoms with Crippen molar-refractivity contribution in [1.82, 2.24) is 0 Å². The maximum Gasteiger partial charge on any atom is 0.306 e. The van der Waals surface area contributed by atoms with Crippen molar-refractivity contribution in [3.05, 3.63) is 60.8 Å². The topological polar surface area (TPSA) is 78.9 Å². The molecule has 0 aromatic heterocycles. The molecule has 0 saturated carbocycles. The molecule has 424 valence electrons. The molecule has 0 saturated heterocycles. The van der Waals surface area contributed by atoms with Gasteiger partial charge in [0, 0.05) is 19.3 Å². The van der Waals surface area contributed by atoms with Crippen molar-refractivity contribution in [2.24, 2.45) is 0 Å². The fraction of sp³-hybridized carbons (Fsp3) is 0.806. The highest BCUT2D eigenvalue weighted by Gasteiger charge is 2.19. The maximum absolute atomic E-state index is 12.9. The van der Waals surface area contributed by atoms with Gasteiger partial charge in [0.15, 0.2) is 6.10 Å². The summed E-state index contributed by atoms with van der Waals surface area (Å²) >= 11 is 0. The Balaban J connectivity index is 4.36. The second-order valence-electron chi connectivity index (χ2n) is 21.3. The molecular formula is C67H120O6. The molecule has 0 N–H and O–H groups in total. The SMILES string of the molecule is CCCCCCC/C=C\C/C=C\C/C=C\CCCCCCCCC(=O)OCC(COC(=O)CCCCCCCCCCCCCCC)OC(=O)CCCCCCCCCCC/C=C\C/C=C\CCCCCCC. The van der Waals surface area contributed by atoms with Crippen LogP contribution in [0, 0.1) is 0 Å². The summed E-state index contributed by atoms with van der Waals surface area (Å²) in [4.78, 5) is 38.3. The average Bonchev–Trinajstić information content (AvgIpc) is 3.39. The predicted octanol–water partition coefficient (Wildman–Crippen LogP) is 21.6. The molecule has 0 radical (unpaired) electrons. The van der Waals surface area contributed by atoms with Gasteiger partial charge in [0.1, 0.15) is 13.2 Å². The van der Waals surface area contributed by atoms with E-state index in [4.69, 9.17) is 14.2 Å². The number of carbonyl (C=O) groups is 3. The third-order valence-electron chi connectivity index (χ3n) is 14.0. The minimum atomic E-state index is -0.781. The zero-order valence-electron chi connectivity index (χ0n) is 48.7. The second-order valence-corrected chi connectivity index (χ2v) is 21.3. The van der Waals surface area contributed by atoms with Crippen LogP contribution in [0.3, 0.4) is 0 Å². The largest absolute Gasteiger partial charge is 0.462 e. The molecule has 0 aromatic carbocycles. The van der Waals surface area contributed by atoms with Crippen LogP contribution < -0.4 is 0 Å². The summed E-state index contributed by atoms with van der Waals surface area (Å²) in [5.41, 5.74) is 0. The van der Waals surface area contributed by atoms with Crippen molar-refractivity contribution in [1.29, 1.82) is 0 Å². The minimum Gasteiger partial charge on any atom is -0.462 e. The van der Waals surface area contributed by atoms with E-state index in [1.54, 1.807) is 0 Å². The van der Waals surface area contributed by atoms with Crippen LogP contribution in [-0.4, -0.2) is 37.2 Å². The lowest BCUT2D eigenvalue weighted by Crippen LogP contribution is -2.30. The van der Waals surface area contributed by atoms with E-state index in [2.05, 4.69) is 81.5 Å². The molecule has 0 fully saturated rings. The summed E-state index contributed by atoms with van der Waals surface area (Å²) in [6, 6.07) is 0. The smallest absolute Gasteiger partial charge is 0.306 e. The van der Waals surface area contributed by atoms with Crippen molar-refractivity contribution >= 4 is 17.9 Å². The van der Waals surface area contributed by atoms with Crippen LogP contribution >= 0.6 is 0 Å². The molecule has 1 unspecified atom stereocenters. The predicted molar refractivity (Wildman–Crippen MR) is 316 cm³/mol. The highest BCUT2D eigenvalue weighted by atomic mass is 16.6. The summed E-state index contributed by atoms with van der Waals surface area (Å²) in [6.07, 6.45) is 77.9. The monoisotopic (exact) mass is 1020 g/mol. The Labute approximate surface area is 453 Å². The Hall–Kier alpha value is -2.89. The van der Waals surface area contributed by atoms with E-state index in [0.717, 1.165) is 83.5 Å². The molecular weight excluding hydrogens is 901 g/mol. The van der Waals surface area contributed by atoms with Gasteiger partial charge >= 0.3 is 17.9 Å². The van der Waals surface area contributed by atoms with Crippen LogP contribution in [0.25, 0.3) is 0 Å². The molecule has 0 aliphatic heterocycles. The second kappa shape index (κ2) is 61.7. The molecule has 6 heteroatoms. The van der Waals surface area contributed by atoms with E-state index in [-0.39, 0.29) is 31.1 Å². The van der Waals surface area contributed by atoms with Gasteiger partial charge in [0.05, 0.1) is 0 Å². The van der Waals surface area contributed by atoms with E-state index < -0.39 is 6.10 Å². The number of esters is 3. The normalized spacial score (nSPS) is 12.4. The summed E-state index contributed by atoms with van der Waals surface area (Å²) in [5, 5.41) is 0. The first-order valence-electron chi connectivity index (χ1n) is 31.8. The van der Waals surface area contributed by atoms with E-state index in [9.17, 15) is 14.4 Å². The molecule has 6 nitrogen and oxygen atoms in total. The number of rotatable bonds is 58. The zero-order chi connectivity index (χ0) is 52.9. The fourth-order valence-electron chi connectivity index (χ4n) is 9.19. The van der Waals surface area contributed by atoms with Gasteiger partial charge in [-0.1, -0.05) is 281 Å². The van der Waals surface area contributed by atoms with Gasteiger partial charge in [-0.05, 0) is 89.9 Å². The molecule has 0 heterocycles. The molecule has 0 aromatic rings. The third-order valence-corrected chi connectivity index (χ3v) is 14.0. The first-order valence-corrected chi connectivity index (χ1v) is 31.8. The lowest BCUT2D eigenvalue weighted by molar-refractivity contribution is -0.167. The van der Waals surface area contributed by atoms with Gasteiger partial charge in [-0.3, -0.25) is 14.4 Å². The molecule has 73 heavy (non-hydrogen) atoms. The molecule has 0 spiro atoms. The number of unbranched alkanes of at least 4 members (excludes halogenated alkanes) is 37. The first-order chi connectivity index (χ1) is 36.0. The van der Waals surface area contributed by atoms with E-state index in [0.29, 0.717) is 19.3 Å². The average molecular weight is 1020 g/mol. The molecule has 1 atom stereocenters. The lowest BCUT2D eigenvalue weighted by atomic mass is 10.0. The van der Waals surface area contributed by atoms with Gasteiger partial charge < -0.3 is 14.2 Å². The highest BCUT2D eigenvalue weighted by Crippen LogP contribution is 2.16. The van der Waals surface area contributed by atoms with Crippen LogP contribution in [0.5, 0.6) is 0 Å². The van der Waals surface area contributed by atoms with Crippen LogP contribution in [0.4, 0.5) is 0 Å². The standard InChI is InChI=1S/C67H120O6/c1-4-7-10-13-16-19-22-25-27-29-31-33-35-37-39-42-45-48-51-54-57-60-66(69)72-63-64(62-71-65(68)59-56-53-50-47-44-41-24-21-18-15-12-9-6-3)73-67(70)61-58-55-52-49-46-43-40-38-36-34-32-30-28-26-23-20-17-14-11-8-5-2/h22-23,25-26,29-32,35,37,64H,4-21,24,27-28,33-34,36,38-63H2,1-3H3/b25-22-,26-23-,31-29-,32-30-,37-35-. The summed E-state index contributed by atoms with van der Waals surface area (Å²) < 4.78 is 16.9. The Bertz CT molecular complexity index is 1310. The lowest BCUT2D eigenvalue weighted by Gasteiger charge is -2.18. The molecule has 0 rings (SSSR count). The molecule has 0 amide bonds. The quantitative estimate of drug-likeness (QED) is 0.0261. The van der Waals surface area contributed by atoms with Crippen LogP contribution in [-0.2, 0) is 28.6 Å². The van der Waals surface area contributed by atoms with Crippen molar-refractivity contribution in [3.8, 4) is 0 Å². The van der Waals surface area contributed by atoms with Crippen LogP contribution in [0.1, 0.15) is 329 Å². The number of ether oxygens (including phenoxy) is 3. The van der Waals surface area contributed by atoms with Gasteiger partial charge in [0.25, 0.3) is 0 Å².